The SMILES string of the molecule is COc1ccc(S(=O)(=O)Nc2nc(C)c(C)s2)cc1N. The molecule has 1 aromatic heterocycles. The molecule has 0 radical (unpaired) electrons. The molecule has 0 fully saturated rings. The predicted molar refractivity (Wildman–Crippen MR) is 79.8 cm³/mol. The van der Waals surface area contributed by atoms with Crippen molar-refractivity contribution in [3.63, 3.8) is 0 Å². The summed E-state index contributed by atoms with van der Waals surface area (Å²) in [5, 5.41) is 0.342. The first-order valence-corrected chi connectivity index (χ1v) is 8.04. The second-order valence-electron chi connectivity index (χ2n) is 4.17. The highest BCUT2D eigenvalue weighted by Gasteiger charge is 2.18. The lowest BCUT2D eigenvalue weighted by atomic mass is 10.3. The molecule has 20 heavy (non-hydrogen) atoms. The lowest BCUT2D eigenvalue weighted by Gasteiger charge is -2.08. The van der Waals surface area contributed by atoms with Crippen LogP contribution in [0.5, 0.6) is 5.75 Å². The van der Waals surface area contributed by atoms with Gasteiger partial charge in [-0.15, -0.1) is 11.3 Å². The number of nitrogens with zero attached hydrogens (tertiary/aromatic N) is 1. The van der Waals surface area contributed by atoms with Gasteiger partial charge in [-0.2, -0.15) is 0 Å². The maximum absolute atomic E-state index is 12.2. The molecule has 2 rings (SSSR count). The number of thiazole rings is 1. The van der Waals surface area contributed by atoms with Crippen LogP contribution in [0.2, 0.25) is 0 Å². The first-order valence-electron chi connectivity index (χ1n) is 5.74. The van der Waals surface area contributed by atoms with Crippen molar-refractivity contribution in [3.8, 4) is 5.75 Å². The van der Waals surface area contributed by atoms with E-state index in [2.05, 4.69) is 9.71 Å². The van der Waals surface area contributed by atoms with E-state index in [9.17, 15) is 8.42 Å². The molecule has 2 aromatic rings. The van der Waals surface area contributed by atoms with Gasteiger partial charge in [0, 0.05) is 4.88 Å². The summed E-state index contributed by atoms with van der Waals surface area (Å²) in [5.74, 6) is 0.435. The molecule has 8 heteroatoms. The maximum atomic E-state index is 12.2. The van der Waals surface area contributed by atoms with Crippen LogP contribution in [-0.2, 0) is 10.0 Å². The average Bonchev–Trinajstić information content (AvgIpc) is 2.67. The molecule has 0 bridgehead atoms. The molecule has 0 unspecified atom stereocenters. The van der Waals surface area contributed by atoms with Crippen molar-refractivity contribution in [2.45, 2.75) is 18.7 Å². The van der Waals surface area contributed by atoms with E-state index in [1.165, 1.54) is 36.6 Å². The average molecular weight is 313 g/mol. The van der Waals surface area contributed by atoms with Crippen LogP contribution in [0, 0.1) is 13.8 Å². The Bertz CT molecular complexity index is 719. The molecule has 0 spiro atoms. The van der Waals surface area contributed by atoms with E-state index in [-0.39, 0.29) is 10.6 Å². The number of rotatable bonds is 4. The summed E-state index contributed by atoms with van der Waals surface area (Å²) < 4.78 is 31.9. The Labute approximate surface area is 121 Å². The number of ether oxygens (including phenoxy) is 1. The Balaban J connectivity index is 2.33. The van der Waals surface area contributed by atoms with E-state index in [1.807, 2.05) is 13.8 Å². The van der Waals surface area contributed by atoms with Gasteiger partial charge < -0.3 is 10.5 Å². The van der Waals surface area contributed by atoms with Crippen molar-refractivity contribution in [3.05, 3.63) is 28.8 Å². The van der Waals surface area contributed by atoms with Crippen LogP contribution in [0.4, 0.5) is 10.8 Å². The Morgan fingerprint density at radius 3 is 2.55 bits per heavy atom. The monoisotopic (exact) mass is 313 g/mol. The zero-order chi connectivity index (χ0) is 14.9. The van der Waals surface area contributed by atoms with Gasteiger partial charge in [0.15, 0.2) is 5.13 Å². The second-order valence-corrected chi connectivity index (χ2v) is 7.06. The van der Waals surface area contributed by atoms with E-state index in [0.717, 1.165) is 10.6 Å². The van der Waals surface area contributed by atoms with E-state index < -0.39 is 10.0 Å². The third kappa shape index (κ3) is 2.86. The number of sulfonamides is 1. The largest absolute Gasteiger partial charge is 0.495 e. The van der Waals surface area contributed by atoms with E-state index in [0.29, 0.717) is 10.9 Å². The smallest absolute Gasteiger partial charge is 0.263 e. The van der Waals surface area contributed by atoms with Gasteiger partial charge in [0.05, 0.1) is 23.4 Å². The Morgan fingerprint density at radius 2 is 2.05 bits per heavy atom. The van der Waals surface area contributed by atoms with Crippen LogP contribution in [-0.4, -0.2) is 20.5 Å². The minimum atomic E-state index is -3.70. The normalized spacial score (nSPS) is 11.3. The van der Waals surface area contributed by atoms with E-state index >= 15 is 0 Å². The minimum Gasteiger partial charge on any atom is -0.495 e. The molecule has 0 atom stereocenters. The molecule has 0 aliphatic heterocycles. The van der Waals surface area contributed by atoms with Crippen LogP contribution in [0.3, 0.4) is 0 Å². The zero-order valence-corrected chi connectivity index (χ0v) is 12.9. The number of aryl methyl sites for hydroxylation is 2. The van der Waals surface area contributed by atoms with Crippen LogP contribution in [0.15, 0.2) is 23.1 Å². The highest BCUT2D eigenvalue weighted by atomic mass is 32.2. The van der Waals surface area contributed by atoms with Gasteiger partial charge in [-0.1, -0.05) is 0 Å². The minimum absolute atomic E-state index is 0.0707. The molecule has 6 nitrogen and oxygen atoms in total. The van der Waals surface area contributed by atoms with Gasteiger partial charge in [0.1, 0.15) is 5.75 Å². The molecule has 0 saturated heterocycles. The Morgan fingerprint density at radius 1 is 1.35 bits per heavy atom. The number of aromatic nitrogens is 1. The topological polar surface area (TPSA) is 94.3 Å². The van der Waals surface area contributed by atoms with Crippen molar-refractivity contribution in [2.24, 2.45) is 0 Å². The highest BCUT2D eigenvalue weighted by molar-refractivity contribution is 7.93. The molecule has 0 amide bonds. The number of hydrogen-bond acceptors (Lipinski definition) is 6. The molecule has 3 N–H and O–H groups in total. The van der Waals surface area contributed by atoms with E-state index in [4.69, 9.17) is 10.5 Å². The number of hydrogen-bond donors (Lipinski definition) is 2. The van der Waals surface area contributed by atoms with Crippen molar-refractivity contribution < 1.29 is 13.2 Å². The van der Waals surface area contributed by atoms with Crippen molar-refractivity contribution in [1.29, 1.82) is 0 Å². The molecular formula is C12H15N3O3S2. The quantitative estimate of drug-likeness (QED) is 0.843. The molecule has 0 aliphatic carbocycles. The van der Waals surface area contributed by atoms with Crippen molar-refractivity contribution in [1.82, 2.24) is 4.98 Å². The van der Waals surface area contributed by atoms with Crippen LogP contribution >= 0.6 is 11.3 Å². The zero-order valence-electron chi connectivity index (χ0n) is 11.3. The van der Waals surface area contributed by atoms with Gasteiger partial charge in [0.25, 0.3) is 10.0 Å². The van der Waals surface area contributed by atoms with Crippen LogP contribution in [0.1, 0.15) is 10.6 Å². The van der Waals surface area contributed by atoms with Gasteiger partial charge in [-0.25, -0.2) is 13.4 Å². The third-order valence-corrected chi connectivity index (χ3v) is 5.22. The Hall–Kier alpha value is -1.80. The highest BCUT2D eigenvalue weighted by Crippen LogP contribution is 2.27. The maximum Gasteiger partial charge on any atom is 0.263 e. The lowest BCUT2D eigenvalue weighted by molar-refractivity contribution is 0.416. The summed E-state index contributed by atoms with van der Waals surface area (Å²) in [6.45, 7) is 3.71. The number of nitrogens with two attached hydrogens (primary N) is 1. The molecular weight excluding hydrogens is 298 g/mol. The number of nitrogen functional groups attached to an aromatic ring is 1. The van der Waals surface area contributed by atoms with Gasteiger partial charge in [0.2, 0.25) is 0 Å². The molecule has 0 aliphatic rings. The molecule has 1 aromatic carbocycles. The number of methoxy groups -OCH3 is 1. The van der Waals surface area contributed by atoms with Crippen LogP contribution in [0.25, 0.3) is 0 Å². The second kappa shape index (κ2) is 5.29. The summed E-state index contributed by atoms with van der Waals surface area (Å²) in [5.41, 5.74) is 6.79. The first-order chi connectivity index (χ1) is 9.33. The Kier molecular flexibility index (Phi) is 3.87. The van der Waals surface area contributed by atoms with Gasteiger partial charge in [-0.3, -0.25) is 4.72 Å². The van der Waals surface area contributed by atoms with Crippen LogP contribution < -0.4 is 15.2 Å². The summed E-state index contributed by atoms with van der Waals surface area (Å²) in [6.07, 6.45) is 0. The van der Waals surface area contributed by atoms with Gasteiger partial charge in [-0.05, 0) is 32.0 Å². The molecule has 0 saturated carbocycles. The molecule has 108 valence electrons. The summed E-state index contributed by atoms with van der Waals surface area (Å²) in [6, 6.07) is 4.31. The van der Waals surface area contributed by atoms with Crippen molar-refractivity contribution >= 4 is 32.2 Å². The number of benzene rings is 1. The summed E-state index contributed by atoms with van der Waals surface area (Å²) >= 11 is 1.29. The van der Waals surface area contributed by atoms with Gasteiger partial charge >= 0.3 is 0 Å². The predicted octanol–water partition coefficient (Wildman–Crippen LogP) is 2.15. The molecule has 1 heterocycles. The van der Waals surface area contributed by atoms with E-state index in [1.54, 1.807) is 0 Å². The fraction of sp³-hybridized carbons (Fsp3) is 0.250. The lowest BCUT2D eigenvalue weighted by Crippen LogP contribution is -2.13. The number of anilines is 2. The third-order valence-electron chi connectivity index (χ3n) is 2.76. The fourth-order valence-electron chi connectivity index (χ4n) is 1.57. The fourth-order valence-corrected chi connectivity index (χ4v) is 3.65. The summed E-state index contributed by atoms with van der Waals surface area (Å²) in [7, 11) is -2.23. The summed E-state index contributed by atoms with van der Waals surface area (Å²) in [4.78, 5) is 5.19. The first kappa shape index (κ1) is 14.6. The number of nitrogens with one attached hydrogen (secondary N) is 1. The standard InChI is InChI=1S/C12H15N3O3S2/c1-7-8(2)19-12(14-7)15-20(16,17)9-4-5-11(18-3)10(13)6-9/h4-6H,13H2,1-3H3,(H,14,15). The van der Waals surface area contributed by atoms with Crippen molar-refractivity contribution in [2.75, 3.05) is 17.6 Å².